The third-order valence-electron chi connectivity index (χ3n) is 4.93. The Morgan fingerprint density at radius 3 is 2.61 bits per heavy atom. The topological polar surface area (TPSA) is 71.5 Å². The SMILES string of the molecule is CC(C)(C)OC(=O)N1CCC(C(=O)NCCc2cccc3cccnc23)CC1. The summed E-state index contributed by atoms with van der Waals surface area (Å²) in [6.45, 7) is 7.27. The van der Waals surface area contributed by atoms with E-state index >= 15 is 0 Å². The zero-order valence-corrected chi connectivity index (χ0v) is 16.9. The smallest absolute Gasteiger partial charge is 0.410 e. The van der Waals surface area contributed by atoms with Crippen LogP contribution in [0.3, 0.4) is 0 Å². The van der Waals surface area contributed by atoms with E-state index in [9.17, 15) is 9.59 Å². The summed E-state index contributed by atoms with van der Waals surface area (Å²) >= 11 is 0. The monoisotopic (exact) mass is 383 g/mol. The van der Waals surface area contributed by atoms with E-state index in [4.69, 9.17) is 4.74 Å². The molecule has 0 saturated carbocycles. The molecule has 1 saturated heterocycles. The molecule has 1 aliphatic rings. The van der Waals surface area contributed by atoms with Gasteiger partial charge in [0, 0.05) is 37.1 Å². The lowest BCUT2D eigenvalue weighted by Crippen LogP contribution is -2.45. The molecule has 0 bridgehead atoms. The van der Waals surface area contributed by atoms with E-state index in [0.717, 1.165) is 22.9 Å². The minimum Gasteiger partial charge on any atom is -0.444 e. The van der Waals surface area contributed by atoms with Crippen LogP contribution in [-0.4, -0.2) is 47.1 Å². The Kier molecular flexibility index (Phi) is 6.17. The van der Waals surface area contributed by atoms with Gasteiger partial charge in [0.25, 0.3) is 0 Å². The number of nitrogens with zero attached hydrogens (tertiary/aromatic N) is 2. The summed E-state index contributed by atoms with van der Waals surface area (Å²) in [5.41, 5.74) is 1.63. The van der Waals surface area contributed by atoms with Crippen molar-refractivity contribution in [2.75, 3.05) is 19.6 Å². The van der Waals surface area contributed by atoms with Gasteiger partial charge < -0.3 is 15.0 Å². The Balaban J connectivity index is 1.45. The fraction of sp³-hybridized carbons (Fsp3) is 0.500. The molecule has 28 heavy (non-hydrogen) atoms. The molecule has 2 amide bonds. The lowest BCUT2D eigenvalue weighted by atomic mass is 9.96. The Hall–Kier alpha value is -2.63. The van der Waals surface area contributed by atoms with Crippen LogP contribution in [0.1, 0.15) is 39.2 Å². The molecule has 2 heterocycles. The molecule has 0 aliphatic carbocycles. The van der Waals surface area contributed by atoms with Gasteiger partial charge >= 0.3 is 6.09 Å². The lowest BCUT2D eigenvalue weighted by Gasteiger charge is -2.32. The second-order valence-electron chi connectivity index (χ2n) is 8.27. The first-order chi connectivity index (χ1) is 13.3. The van der Waals surface area contributed by atoms with Crippen molar-refractivity contribution in [1.29, 1.82) is 0 Å². The van der Waals surface area contributed by atoms with Crippen LogP contribution in [0.4, 0.5) is 4.79 Å². The standard InChI is InChI=1S/C22H29N3O3/c1-22(2,3)28-21(27)25-14-10-18(11-15-25)20(26)24-13-9-17-7-4-6-16-8-5-12-23-19(16)17/h4-8,12,18H,9-11,13-15H2,1-3H3,(H,24,26). The fourth-order valence-corrected chi connectivity index (χ4v) is 3.48. The number of carbonyl (C=O) groups excluding carboxylic acids is 2. The number of hydrogen-bond donors (Lipinski definition) is 1. The van der Waals surface area contributed by atoms with Crippen LogP contribution >= 0.6 is 0 Å². The van der Waals surface area contributed by atoms with E-state index in [1.807, 2.05) is 45.0 Å². The van der Waals surface area contributed by atoms with Crippen LogP contribution in [0.15, 0.2) is 36.5 Å². The molecule has 150 valence electrons. The average molecular weight is 383 g/mol. The Morgan fingerprint density at radius 2 is 1.89 bits per heavy atom. The van der Waals surface area contributed by atoms with Gasteiger partial charge in [0.05, 0.1) is 5.52 Å². The molecule has 1 fully saturated rings. The van der Waals surface area contributed by atoms with Crippen molar-refractivity contribution < 1.29 is 14.3 Å². The number of para-hydroxylation sites is 1. The van der Waals surface area contributed by atoms with Crippen molar-refractivity contribution in [2.24, 2.45) is 5.92 Å². The Morgan fingerprint density at radius 1 is 1.18 bits per heavy atom. The van der Waals surface area contributed by atoms with Crippen LogP contribution in [0.25, 0.3) is 10.9 Å². The first-order valence-electron chi connectivity index (χ1n) is 9.92. The Bertz CT molecular complexity index is 831. The van der Waals surface area contributed by atoms with Gasteiger partial charge in [-0.2, -0.15) is 0 Å². The average Bonchev–Trinajstić information content (AvgIpc) is 2.67. The number of carbonyl (C=O) groups is 2. The maximum atomic E-state index is 12.5. The summed E-state index contributed by atoms with van der Waals surface area (Å²) in [5.74, 6) is 0.0152. The summed E-state index contributed by atoms with van der Waals surface area (Å²) < 4.78 is 5.40. The van der Waals surface area contributed by atoms with E-state index in [1.165, 1.54) is 0 Å². The Labute approximate surface area is 166 Å². The largest absolute Gasteiger partial charge is 0.444 e. The van der Waals surface area contributed by atoms with Crippen molar-refractivity contribution >= 4 is 22.9 Å². The van der Waals surface area contributed by atoms with Crippen LogP contribution in [0.2, 0.25) is 0 Å². The van der Waals surface area contributed by atoms with Crippen molar-refractivity contribution in [3.05, 3.63) is 42.1 Å². The van der Waals surface area contributed by atoms with E-state index in [-0.39, 0.29) is 17.9 Å². The number of amides is 2. The number of benzene rings is 1. The molecule has 0 spiro atoms. The zero-order valence-electron chi connectivity index (χ0n) is 16.9. The number of rotatable bonds is 4. The van der Waals surface area contributed by atoms with Gasteiger partial charge in [-0.05, 0) is 51.7 Å². The number of aromatic nitrogens is 1. The molecule has 1 N–H and O–H groups in total. The van der Waals surface area contributed by atoms with Crippen molar-refractivity contribution in [2.45, 2.75) is 45.6 Å². The van der Waals surface area contributed by atoms with Crippen LogP contribution in [0.5, 0.6) is 0 Å². The summed E-state index contributed by atoms with van der Waals surface area (Å²) in [4.78, 5) is 30.8. The second-order valence-corrected chi connectivity index (χ2v) is 8.27. The molecule has 1 aliphatic heterocycles. The first kappa shape index (κ1) is 20.1. The zero-order chi connectivity index (χ0) is 20.1. The quantitative estimate of drug-likeness (QED) is 0.877. The third kappa shape index (κ3) is 5.21. The summed E-state index contributed by atoms with van der Waals surface area (Å²) in [5, 5.41) is 4.16. The first-order valence-corrected chi connectivity index (χ1v) is 9.92. The van der Waals surface area contributed by atoms with Crippen LogP contribution in [-0.2, 0) is 16.0 Å². The van der Waals surface area contributed by atoms with Crippen molar-refractivity contribution in [3.8, 4) is 0 Å². The molecular weight excluding hydrogens is 354 g/mol. The highest BCUT2D eigenvalue weighted by molar-refractivity contribution is 5.82. The molecule has 6 heteroatoms. The van der Waals surface area contributed by atoms with E-state index in [0.29, 0.717) is 32.5 Å². The highest BCUT2D eigenvalue weighted by Gasteiger charge is 2.29. The minimum absolute atomic E-state index is 0.0515. The number of fused-ring (bicyclic) bond motifs is 1. The van der Waals surface area contributed by atoms with E-state index < -0.39 is 5.60 Å². The van der Waals surface area contributed by atoms with Gasteiger partial charge in [-0.25, -0.2) is 4.79 Å². The summed E-state index contributed by atoms with van der Waals surface area (Å²) in [7, 11) is 0. The molecule has 6 nitrogen and oxygen atoms in total. The summed E-state index contributed by atoms with van der Waals surface area (Å²) in [6.07, 6.45) is 3.58. The van der Waals surface area contributed by atoms with Crippen molar-refractivity contribution in [3.63, 3.8) is 0 Å². The number of nitrogens with one attached hydrogen (secondary N) is 1. The molecule has 0 atom stereocenters. The normalized spacial score (nSPS) is 15.5. The summed E-state index contributed by atoms with van der Waals surface area (Å²) in [6, 6.07) is 10.1. The predicted molar refractivity (Wildman–Crippen MR) is 109 cm³/mol. The van der Waals surface area contributed by atoms with Crippen LogP contribution < -0.4 is 5.32 Å². The van der Waals surface area contributed by atoms with Gasteiger partial charge in [-0.3, -0.25) is 9.78 Å². The highest BCUT2D eigenvalue weighted by Crippen LogP contribution is 2.20. The molecule has 2 aromatic rings. The second kappa shape index (κ2) is 8.59. The third-order valence-corrected chi connectivity index (χ3v) is 4.93. The lowest BCUT2D eigenvalue weighted by molar-refractivity contribution is -0.126. The van der Waals surface area contributed by atoms with Gasteiger partial charge in [0.15, 0.2) is 0 Å². The van der Waals surface area contributed by atoms with E-state index in [1.54, 1.807) is 11.1 Å². The van der Waals surface area contributed by atoms with Gasteiger partial charge in [0.2, 0.25) is 5.91 Å². The molecule has 1 aromatic carbocycles. The number of hydrogen-bond acceptors (Lipinski definition) is 4. The molecule has 3 rings (SSSR count). The van der Waals surface area contributed by atoms with E-state index in [2.05, 4.69) is 16.4 Å². The molecular formula is C22H29N3O3. The number of piperidine rings is 1. The predicted octanol–water partition coefficient (Wildman–Crippen LogP) is 3.54. The highest BCUT2D eigenvalue weighted by atomic mass is 16.6. The minimum atomic E-state index is -0.498. The van der Waals surface area contributed by atoms with Gasteiger partial charge in [-0.15, -0.1) is 0 Å². The molecule has 0 radical (unpaired) electrons. The number of likely N-dealkylation sites (tertiary alicyclic amines) is 1. The number of ether oxygens (including phenoxy) is 1. The molecule has 0 unspecified atom stereocenters. The number of pyridine rings is 1. The fourth-order valence-electron chi connectivity index (χ4n) is 3.48. The van der Waals surface area contributed by atoms with Crippen LogP contribution in [0, 0.1) is 5.92 Å². The molecule has 1 aromatic heterocycles. The maximum Gasteiger partial charge on any atom is 0.410 e. The van der Waals surface area contributed by atoms with Gasteiger partial charge in [0.1, 0.15) is 5.60 Å². The maximum absolute atomic E-state index is 12.5. The van der Waals surface area contributed by atoms with Crippen molar-refractivity contribution in [1.82, 2.24) is 15.2 Å². The van der Waals surface area contributed by atoms with Gasteiger partial charge in [-0.1, -0.05) is 24.3 Å².